The van der Waals surface area contributed by atoms with E-state index < -0.39 is 0 Å². The van der Waals surface area contributed by atoms with E-state index in [1.807, 2.05) is 25.4 Å². The Balaban J connectivity index is 2.65. The van der Waals surface area contributed by atoms with Gasteiger partial charge in [0.25, 0.3) is 0 Å². The van der Waals surface area contributed by atoms with Gasteiger partial charge < -0.3 is 10.1 Å². The third-order valence-electron chi connectivity index (χ3n) is 2.43. The van der Waals surface area contributed by atoms with Crippen molar-refractivity contribution in [3.05, 3.63) is 36.0 Å². The monoisotopic (exact) mass is 202 g/mol. The predicted molar refractivity (Wildman–Crippen MR) is 62.0 cm³/mol. The first kappa shape index (κ1) is 9.93. The fourth-order valence-corrected chi connectivity index (χ4v) is 1.75. The van der Waals surface area contributed by atoms with Crippen LogP contribution < -0.4 is 5.32 Å². The number of methoxy groups -OCH3 is 1. The lowest BCUT2D eigenvalue weighted by atomic mass is 10.1. The van der Waals surface area contributed by atoms with Gasteiger partial charge in [-0.2, -0.15) is 0 Å². The quantitative estimate of drug-likeness (QED) is 0.830. The first-order valence-corrected chi connectivity index (χ1v) is 4.90. The molecule has 0 radical (unpaired) electrons. The zero-order valence-electron chi connectivity index (χ0n) is 8.95. The maximum atomic E-state index is 5.17. The molecule has 15 heavy (non-hydrogen) atoms. The van der Waals surface area contributed by atoms with Gasteiger partial charge in [0.1, 0.15) is 5.82 Å². The van der Waals surface area contributed by atoms with Crippen molar-refractivity contribution in [1.82, 2.24) is 4.98 Å². The molecule has 0 saturated heterocycles. The minimum Gasteiger partial charge on any atom is -0.380 e. The summed E-state index contributed by atoms with van der Waals surface area (Å²) < 4.78 is 5.17. The van der Waals surface area contributed by atoms with E-state index in [1.54, 1.807) is 7.11 Å². The molecule has 0 unspecified atom stereocenters. The molecule has 1 aromatic heterocycles. The summed E-state index contributed by atoms with van der Waals surface area (Å²) in [5.74, 6) is 0.908. The Kier molecular flexibility index (Phi) is 2.83. The van der Waals surface area contributed by atoms with Crippen LogP contribution in [0, 0.1) is 0 Å². The summed E-state index contributed by atoms with van der Waals surface area (Å²) in [6, 6.07) is 8.18. The SMILES string of the molecule is CNc1nccc2c(COC)cccc12. The van der Waals surface area contributed by atoms with Gasteiger partial charge in [0.05, 0.1) is 6.61 Å². The minimum absolute atomic E-state index is 0.629. The highest BCUT2D eigenvalue weighted by Crippen LogP contribution is 2.24. The highest BCUT2D eigenvalue weighted by Gasteiger charge is 2.03. The second-order valence-electron chi connectivity index (χ2n) is 3.35. The zero-order valence-corrected chi connectivity index (χ0v) is 8.95. The number of hydrogen-bond donors (Lipinski definition) is 1. The highest BCUT2D eigenvalue weighted by atomic mass is 16.5. The van der Waals surface area contributed by atoms with E-state index >= 15 is 0 Å². The van der Waals surface area contributed by atoms with E-state index in [1.165, 1.54) is 10.9 Å². The summed E-state index contributed by atoms with van der Waals surface area (Å²) in [4.78, 5) is 4.27. The minimum atomic E-state index is 0.629. The summed E-state index contributed by atoms with van der Waals surface area (Å²) in [6.45, 7) is 0.629. The van der Waals surface area contributed by atoms with Crippen molar-refractivity contribution < 1.29 is 4.74 Å². The van der Waals surface area contributed by atoms with Gasteiger partial charge in [-0.1, -0.05) is 18.2 Å². The number of benzene rings is 1. The molecule has 2 rings (SSSR count). The fourth-order valence-electron chi connectivity index (χ4n) is 1.75. The Morgan fingerprint density at radius 2 is 2.13 bits per heavy atom. The van der Waals surface area contributed by atoms with E-state index in [2.05, 4.69) is 22.4 Å². The molecule has 3 heteroatoms. The molecule has 0 saturated carbocycles. The van der Waals surface area contributed by atoms with Crippen molar-refractivity contribution in [3.8, 4) is 0 Å². The van der Waals surface area contributed by atoms with Crippen molar-refractivity contribution in [2.24, 2.45) is 0 Å². The van der Waals surface area contributed by atoms with Gasteiger partial charge in [-0.25, -0.2) is 4.98 Å². The lowest BCUT2D eigenvalue weighted by molar-refractivity contribution is 0.186. The lowest BCUT2D eigenvalue weighted by Crippen LogP contribution is -1.95. The first-order valence-electron chi connectivity index (χ1n) is 4.90. The van der Waals surface area contributed by atoms with Crippen molar-refractivity contribution in [1.29, 1.82) is 0 Å². The number of aromatic nitrogens is 1. The van der Waals surface area contributed by atoms with Crippen LogP contribution in [-0.2, 0) is 11.3 Å². The van der Waals surface area contributed by atoms with Gasteiger partial charge in [0.2, 0.25) is 0 Å². The summed E-state index contributed by atoms with van der Waals surface area (Å²) >= 11 is 0. The molecule has 0 fully saturated rings. The third-order valence-corrected chi connectivity index (χ3v) is 2.43. The molecule has 1 aromatic carbocycles. The molecule has 78 valence electrons. The number of pyridine rings is 1. The molecular weight excluding hydrogens is 188 g/mol. The number of nitrogens with zero attached hydrogens (tertiary/aromatic N) is 1. The normalized spacial score (nSPS) is 10.5. The number of rotatable bonds is 3. The van der Waals surface area contributed by atoms with E-state index in [0.29, 0.717) is 6.61 Å². The number of ether oxygens (including phenoxy) is 1. The molecule has 1 N–H and O–H groups in total. The van der Waals surface area contributed by atoms with E-state index in [4.69, 9.17) is 4.74 Å². The summed E-state index contributed by atoms with van der Waals surface area (Å²) in [5, 5.41) is 5.41. The molecule has 0 bridgehead atoms. The van der Waals surface area contributed by atoms with E-state index in [9.17, 15) is 0 Å². The zero-order chi connectivity index (χ0) is 10.7. The first-order chi connectivity index (χ1) is 7.36. The van der Waals surface area contributed by atoms with Crippen LogP contribution >= 0.6 is 0 Å². The van der Waals surface area contributed by atoms with Crippen molar-refractivity contribution in [2.45, 2.75) is 6.61 Å². The average molecular weight is 202 g/mol. The smallest absolute Gasteiger partial charge is 0.133 e. The second kappa shape index (κ2) is 4.28. The van der Waals surface area contributed by atoms with Crippen molar-refractivity contribution >= 4 is 16.6 Å². The number of hydrogen-bond acceptors (Lipinski definition) is 3. The lowest BCUT2D eigenvalue weighted by Gasteiger charge is -2.08. The Morgan fingerprint density at radius 3 is 2.87 bits per heavy atom. The van der Waals surface area contributed by atoms with Crippen LogP contribution in [0.2, 0.25) is 0 Å². The summed E-state index contributed by atoms with van der Waals surface area (Å²) in [5.41, 5.74) is 1.19. The molecule has 0 spiro atoms. The van der Waals surface area contributed by atoms with Crippen LogP contribution in [0.4, 0.5) is 5.82 Å². The summed E-state index contributed by atoms with van der Waals surface area (Å²) in [7, 11) is 3.59. The van der Waals surface area contributed by atoms with Crippen LogP contribution in [0.15, 0.2) is 30.5 Å². The maximum Gasteiger partial charge on any atom is 0.133 e. The molecule has 2 aromatic rings. The Hall–Kier alpha value is -1.61. The molecule has 0 aliphatic rings. The number of fused-ring (bicyclic) bond motifs is 1. The predicted octanol–water partition coefficient (Wildman–Crippen LogP) is 2.42. The Labute approximate surface area is 89.1 Å². The van der Waals surface area contributed by atoms with Gasteiger partial charge in [-0.3, -0.25) is 0 Å². The standard InChI is InChI=1S/C12H14N2O/c1-13-12-11-5-3-4-9(8-15-2)10(11)6-7-14-12/h3-7H,8H2,1-2H3,(H,13,14). The Morgan fingerprint density at radius 1 is 1.27 bits per heavy atom. The molecule has 0 amide bonds. The van der Waals surface area contributed by atoms with Gasteiger partial charge in [0, 0.05) is 25.7 Å². The van der Waals surface area contributed by atoms with Crippen LogP contribution in [-0.4, -0.2) is 19.1 Å². The van der Waals surface area contributed by atoms with E-state index in [-0.39, 0.29) is 0 Å². The molecule has 0 aliphatic carbocycles. The van der Waals surface area contributed by atoms with Crippen molar-refractivity contribution in [2.75, 3.05) is 19.5 Å². The summed E-state index contributed by atoms with van der Waals surface area (Å²) in [6.07, 6.45) is 1.81. The highest BCUT2D eigenvalue weighted by molar-refractivity contribution is 5.93. The van der Waals surface area contributed by atoms with E-state index in [0.717, 1.165) is 11.2 Å². The largest absolute Gasteiger partial charge is 0.380 e. The Bertz CT molecular complexity index is 468. The maximum absolute atomic E-state index is 5.17. The molecule has 0 aliphatic heterocycles. The molecular formula is C12H14N2O. The third kappa shape index (κ3) is 1.78. The van der Waals surface area contributed by atoms with Crippen molar-refractivity contribution in [3.63, 3.8) is 0 Å². The van der Waals surface area contributed by atoms with Gasteiger partial charge >= 0.3 is 0 Å². The van der Waals surface area contributed by atoms with Gasteiger partial charge in [-0.15, -0.1) is 0 Å². The van der Waals surface area contributed by atoms with Crippen LogP contribution in [0.5, 0.6) is 0 Å². The number of anilines is 1. The average Bonchev–Trinajstić information content (AvgIpc) is 2.29. The van der Waals surface area contributed by atoms with Crippen LogP contribution in [0.1, 0.15) is 5.56 Å². The fraction of sp³-hybridized carbons (Fsp3) is 0.250. The van der Waals surface area contributed by atoms with Crippen LogP contribution in [0.3, 0.4) is 0 Å². The van der Waals surface area contributed by atoms with Crippen LogP contribution in [0.25, 0.3) is 10.8 Å². The molecule has 3 nitrogen and oxygen atoms in total. The molecule has 1 heterocycles. The van der Waals surface area contributed by atoms with Gasteiger partial charge in [-0.05, 0) is 17.0 Å². The molecule has 0 atom stereocenters. The topological polar surface area (TPSA) is 34.2 Å². The van der Waals surface area contributed by atoms with Gasteiger partial charge in [0.15, 0.2) is 0 Å². The second-order valence-corrected chi connectivity index (χ2v) is 3.35. The number of nitrogens with one attached hydrogen (secondary N) is 1.